The van der Waals surface area contributed by atoms with Crippen molar-refractivity contribution in [3.8, 4) is 0 Å². The van der Waals surface area contributed by atoms with Gasteiger partial charge in [0.05, 0.1) is 5.69 Å². The molecule has 0 unspecified atom stereocenters. The zero-order valence-corrected chi connectivity index (χ0v) is 13.9. The van der Waals surface area contributed by atoms with Gasteiger partial charge in [-0.15, -0.1) is 11.3 Å². The maximum atomic E-state index is 13.1. The number of ketones is 1. The fourth-order valence-electron chi connectivity index (χ4n) is 2.90. The van der Waals surface area contributed by atoms with E-state index >= 15 is 0 Å². The average Bonchev–Trinajstić information content (AvgIpc) is 3.10. The Hall–Kier alpha value is -2.13. The van der Waals surface area contributed by atoms with Crippen molar-refractivity contribution in [2.45, 2.75) is 27.3 Å². The second-order valence-electron chi connectivity index (χ2n) is 5.30. The van der Waals surface area contributed by atoms with Crippen LogP contribution in [0.3, 0.4) is 0 Å². The van der Waals surface area contributed by atoms with Gasteiger partial charge >= 0.3 is 0 Å². The summed E-state index contributed by atoms with van der Waals surface area (Å²) in [6.07, 6.45) is 1.92. The summed E-state index contributed by atoms with van der Waals surface area (Å²) in [5, 5.41) is 3.22. The fourth-order valence-corrected chi connectivity index (χ4v) is 3.86. The van der Waals surface area contributed by atoms with Crippen molar-refractivity contribution >= 4 is 32.9 Å². The second-order valence-corrected chi connectivity index (χ2v) is 6.20. The van der Waals surface area contributed by atoms with Crippen LogP contribution in [0.5, 0.6) is 0 Å². The quantitative estimate of drug-likeness (QED) is 0.472. The number of carbonyl (C=O) groups excluding carboxylic acids is 1. The molecular weight excluding hydrogens is 290 g/mol. The minimum atomic E-state index is 0.0991. The Morgan fingerprint density at radius 3 is 2.73 bits per heavy atom. The van der Waals surface area contributed by atoms with E-state index in [1.54, 1.807) is 11.3 Å². The number of benzene rings is 1. The number of allylic oxidation sites excluding steroid dienone is 2. The van der Waals surface area contributed by atoms with Crippen molar-refractivity contribution < 1.29 is 4.79 Å². The van der Waals surface area contributed by atoms with Gasteiger partial charge in [-0.25, -0.2) is 0 Å². The molecule has 0 bridgehead atoms. The summed E-state index contributed by atoms with van der Waals surface area (Å²) in [4.78, 5) is 14.3. The van der Waals surface area contributed by atoms with Gasteiger partial charge in [0.25, 0.3) is 0 Å². The van der Waals surface area contributed by atoms with E-state index in [1.807, 2.05) is 50.3 Å². The van der Waals surface area contributed by atoms with Gasteiger partial charge in [-0.2, -0.15) is 0 Å². The van der Waals surface area contributed by atoms with Gasteiger partial charge in [0.2, 0.25) is 5.78 Å². The third kappa shape index (κ3) is 2.32. The molecule has 0 aliphatic rings. The van der Waals surface area contributed by atoms with Crippen LogP contribution in [0, 0.1) is 6.92 Å². The van der Waals surface area contributed by atoms with Crippen LogP contribution in [0.1, 0.15) is 35.5 Å². The summed E-state index contributed by atoms with van der Waals surface area (Å²) in [6, 6.07) is 12.1. The molecule has 0 spiro atoms. The molecule has 1 aromatic carbocycles. The summed E-state index contributed by atoms with van der Waals surface area (Å²) in [5.74, 6) is 0.0991. The highest BCUT2D eigenvalue weighted by Crippen LogP contribution is 2.29. The molecule has 22 heavy (non-hydrogen) atoms. The van der Waals surface area contributed by atoms with Crippen LogP contribution < -0.4 is 0 Å². The van der Waals surface area contributed by atoms with Gasteiger partial charge < -0.3 is 4.57 Å². The van der Waals surface area contributed by atoms with Gasteiger partial charge in [-0.05, 0) is 49.4 Å². The number of rotatable bonds is 4. The number of aromatic nitrogens is 1. The number of aryl methyl sites for hydroxylation is 2. The highest BCUT2D eigenvalue weighted by Gasteiger charge is 2.20. The third-order valence-corrected chi connectivity index (χ3v) is 4.97. The standard InChI is InChI=1S/C19H19NOS/c1-4-15(16-9-7-6-8-13(16)3)18(21)17-12-14-10-11-22-19(14)20(17)5-2/h4,6-12H,5H2,1-3H3/b15-4+. The minimum absolute atomic E-state index is 0.0991. The zero-order valence-electron chi connectivity index (χ0n) is 13.1. The maximum absolute atomic E-state index is 13.1. The minimum Gasteiger partial charge on any atom is -0.330 e. The van der Waals surface area contributed by atoms with Crippen molar-refractivity contribution in [2.75, 3.05) is 0 Å². The van der Waals surface area contributed by atoms with Crippen LogP contribution >= 0.6 is 11.3 Å². The predicted octanol–water partition coefficient (Wildman–Crippen LogP) is 5.32. The summed E-state index contributed by atoms with van der Waals surface area (Å²) in [5.41, 5.74) is 3.70. The molecule has 3 heteroatoms. The highest BCUT2D eigenvalue weighted by molar-refractivity contribution is 7.16. The summed E-state index contributed by atoms with van der Waals surface area (Å²) < 4.78 is 2.12. The molecule has 0 saturated carbocycles. The normalized spacial score (nSPS) is 12.0. The lowest BCUT2D eigenvalue weighted by Gasteiger charge is -2.11. The largest absolute Gasteiger partial charge is 0.330 e. The van der Waals surface area contributed by atoms with Crippen LogP contribution in [0.2, 0.25) is 0 Å². The Bertz CT molecular complexity index is 867. The van der Waals surface area contributed by atoms with E-state index in [0.29, 0.717) is 0 Å². The molecule has 2 heterocycles. The molecule has 112 valence electrons. The molecule has 0 N–H and O–H groups in total. The number of fused-ring (bicyclic) bond motifs is 1. The van der Waals surface area contributed by atoms with E-state index in [1.165, 1.54) is 4.83 Å². The van der Waals surface area contributed by atoms with E-state index < -0.39 is 0 Å². The van der Waals surface area contributed by atoms with Crippen LogP contribution in [0.25, 0.3) is 15.8 Å². The fraction of sp³-hybridized carbons (Fsp3) is 0.211. The van der Waals surface area contributed by atoms with E-state index in [0.717, 1.165) is 34.3 Å². The molecule has 3 aromatic rings. The van der Waals surface area contributed by atoms with Crippen LogP contribution in [-0.2, 0) is 6.54 Å². The van der Waals surface area contributed by atoms with Gasteiger partial charge in [-0.1, -0.05) is 30.3 Å². The van der Waals surface area contributed by atoms with E-state index in [9.17, 15) is 4.79 Å². The Morgan fingerprint density at radius 1 is 1.27 bits per heavy atom. The van der Waals surface area contributed by atoms with Crippen LogP contribution in [0.4, 0.5) is 0 Å². The maximum Gasteiger partial charge on any atom is 0.209 e. The van der Waals surface area contributed by atoms with E-state index in [2.05, 4.69) is 22.9 Å². The Kier molecular flexibility index (Phi) is 3.99. The van der Waals surface area contributed by atoms with Crippen molar-refractivity contribution in [2.24, 2.45) is 0 Å². The smallest absolute Gasteiger partial charge is 0.209 e. The number of nitrogens with zero attached hydrogens (tertiary/aromatic N) is 1. The van der Waals surface area contributed by atoms with Crippen molar-refractivity contribution in [3.63, 3.8) is 0 Å². The Labute approximate surface area is 134 Å². The monoisotopic (exact) mass is 309 g/mol. The van der Waals surface area contributed by atoms with Gasteiger partial charge in [0.1, 0.15) is 4.83 Å². The lowest BCUT2D eigenvalue weighted by Crippen LogP contribution is -2.10. The lowest BCUT2D eigenvalue weighted by molar-refractivity contribution is 0.104. The molecule has 2 nitrogen and oxygen atoms in total. The molecule has 0 saturated heterocycles. The van der Waals surface area contributed by atoms with E-state index in [4.69, 9.17) is 0 Å². The average molecular weight is 309 g/mol. The Balaban J connectivity index is 2.12. The molecular formula is C19H19NOS. The van der Waals surface area contributed by atoms with Crippen LogP contribution in [0.15, 0.2) is 47.9 Å². The first-order valence-electron chi connectivity index (χ1n) is 7.51. The number of carbonyl (C=O) groups is 1. The third-order valence-electron chi connectivity index (χ3n) is 4.02. The van der Waals surface area contributed by atoms with Gasteiger partial charge in [0, 0.05) is 17.5 Å². The number of Topliss-reactive ketones (excluding diaryl/α,β-unsaturated/α-hetero) is 1. The molecule has 3 rings (SSSR count). The molecule has 0 aliphatic heterocycles. The summed E-state index contributed by atoms with van der Waals surface area (Å²) in [6.45, 7) is 6.86. The molecule has 0 amide bonds. The van der Waals surface area contributed by atoms with Crippen molar-refractivity contribution in [1.29, 1.82) is 0 Å². The zero-order chi connectivity index (χ0) is 15.7. The van der Waals surface area contributed by atoms with Crippen molar-refractivity contribution in [3.05, 3.63) is 64.7 Å². The second kappa shape index (κ2) is 5.93. The Morgan fingerprint density at radius 2 is 2.05 bits per heavy atom. The first-order valence-corrected chi connectivity index (χ1v) is 8.39. The van der Waals surface area contributed by atoms with E-state index in [-0.39, 0.29) is 5.78 Å². The molecule has 0 fully saturated rings. The summed E-state index contributed by atoms with van der Waals surface area (Å²) >= 11 is 1.69. The predicted molar refractivity (Wildman–Crippen MR) is 94.6 cm³/mol. The molecule has 0 radical (unpaired) electrons. The molecule has 0 aliphatic carbocycles. The number of hydrogen-bond donors (Lipinski definition) is 0. The SMILES string of the molecule is C/C=C(/C(=O)c1cc2ccsc2n1CC)c1ccccc1C. The summed E-state index contributed by atoms with van der Waals surface area (Å²) in [7, 11) is 0. The topological polar surface area (TPSA) is 22.0 Å². The van der Waals surface area contributed by atoms with Gasteiger partial charge in [0.15, 0.2) is 0 Å². The molecule has 2 aromatic heterocycles. The first kappa shape index (κ1) is 14.8. The van der Waals surface area contributed by atoms with Crippen molar-refractivity contribution in [1.82, 2.24) is 4.57 Å². The van der Waals surface area contributed by atoms with Gasteiger partial charge in [-0.3, -0.25) is 4.79 Å². The number of thiophene rings is 1. The number of hydrogen-bond acceptors (Lipinski definition) is 2. The first-order chi connectivity index (χ1) is 10.7. The lowest BCUT2D eigenvalue weighted by atomic mass is 9.95. The highest BCUT2D eigenvalue weighted by atomic mass is 32.1. The van der Waals surface area contributed by atoms with Crippen LogP contribution in [-0.4, -0.2) is 10.4 Å². The molecule has 0 atom stereocenters.